The van der Waals surface area contributed by atoms with Crippen LogP contribution in [0.3, 0.4) is 0 Å². The normalized spacial score (nSPS) is 22.7. The zero-order valence-corrected chi connectivity index (χ0v) is 23.9. The predicted molar refractivity (Wildman–Crippen MR) is 162 cm³/mol. The molecule has 7 heteroatoms. The monoisotopic (exact) mass is 570 g/mol. The average molecular weight is 571 g/mol. The highest BCUT2D eigenvalue weighted by molar-refractivity contribution is 6.23. The van der Waals surface area contributed by atoms with Gasteiger partial charge in [0.25, 0.3) is 0 Å². The van der Waals surface area contributed by atoms with Crippen LogP contribution >= 0.6 is 0 Å². The van der Waals surface area contributed by atoms with E-state index >= 15 is 0 Å². The summed E-state index contributed by atoms with van der Waals surface area (Å²) in [6.45, 7) is 3.75. The maximum Gasteiger partial charge on any atom is 0.339 e. The minimum Gasteiger partial charge on any atom is -0.450 e. The number of benzene rings is 3. The first kappa shape index (κ1) is 27.0. The van der Waals surface area contributed by atoms with E-state index in [0.29, 0.717) is 45.4 Å². The molecule has 7 nitrogen and oxygen atoms in total. The third-order valence-electron chi connectivity index (χ3n) is 9.05. The van der Waals surface area contributed by atoms with Gasteiger partial charge in [0.15, 0.2) is 6.10 Å². The lowest BCUT2D eigenvalue weighted by Gasteiger charge is -2.18. The van der Waals surface area contributed by atoms with Crippen molar-refractivity contribution in [3.63, 3.8) is 0 Å². The SMILES string of the molecule is CCC(OC(=O)c1cc(-c2ccc(N3C(=O)C4C5C=CC(C5)C4C3=O)cc2)nc2ccc(C)cc12)C(=O)c1ccccc1. The Bertz CT molecular complexity index is 1800. The lowest BCUT2D eigenvalue weighted by atomic mass is 9.85. The Kier molecular flexibility index (Phi) is 6.53. The maximum atomic E-state index is 13.6. The molecule has 1 saturated carbocycles. The first-order chi connectivity index (χ1) is 20.8. The molecule has 214 valence electrons. The molecule has 0 radical (unpaired) electrons. The summed E-state index contributed by atoms with van der Waals surface area (Å²) in [5.41, 5.74) is 4.16. The van der Waals surface area contributed by atoms with Gasteiger partial charge in [-0.3, -0.25) is 19.3 Å². The lowest BCUT2D eigenvalue weighted by molar-refractivity contribution is -0.123. The van der Waals surface area contributed by atoms with E-state index < -0.39 is 12.1 Å². The summed E-state index contributed by atoms with van der Waals surface area (Å²) >= 11 is 0. The number of aromatic nitrogens is 1. The van der Waals surface area contributed by atoms with Crippen molar-refractivity contribution in [2.45, 2.75) is 32.8 Å². The number of carbonyl (C=O) groups is 4. The number of ketones is 1. The Labute approximate surface area is 249 Å². The van der Waals surface area contributed by atoms with E-state index in [2.05, 4.69) is 12.2 Å². The molecule has 0 spiro atoms. The highest BCUT2D eigenvalue weighted by atomic mass is 16.5. The van der Waals surface area contributed by atoms with Crippen molar-refractivity contribution in [1.29, 1.82) is 0 Å². The molecule has 3 aliphatic rings. The number of allylic oxidation sites excluding steroid dienone is 2. The fourth-order valence-corrected chi connectivity index (χ4v) is 6.90. The van der Waals surface area contributed by atoms with Crippen molar-refractivity contribution in [1.82, 2.24) is 4.98 Å². The number of hydrogen-bond acceptors (Lipinski definition) is 6. The van der Waals surface area contributed by atoms with E-state index in [4.69, 9.17) is 9.72 Å². The van der Waals surface area contributed by atoms with E-state index in [0.717, 1.165) is 12.0 Å². The molecule has 5 atom stereocenters. The molecule has 4 aromatic rings. The van der Waals surface area contributed by atoms with Gasteiger partial charge in [-0.25, -0.2) is 9.78 Å². The van der Waals surface area contributed by atoms with Gasteiger partial charge < -0.3 is 4.74 Å². The highest BCUT2D eigenvalue weighted by Gasteiger charge is 2.59. The molecule has 7 rings (SSSR count). The van der Waals surface area contributed by atoms with E-state index in [1.165, 1.54) is 4.90 Å². The molecule has 1 aliphatic heterocycles. The molecule has 2 aliphatic carbocycles. The van der Waals surface area contributed by atoms with Crippen LogP contribution in [0, 0.1) is 30.6 Å². The second-order valence-electron chi connectivity index (χ2n) is 11.7. The van der Waals surface area contributed by atoms with Crippen molar-refractivity contribution in [3.8, 4) is 11.3 Å². The second-order valence-corrected chi connectivity index (χ2v) is 11.7. The number of anilines is 1. The molecular formula is C36H30N2O5. The van der Waals surface area contributed by atoms with Crippen molar-refractivity contribution in [3.05, 3.63) is 108 Å². The number of esters is 1. The predicted octanol–water partition coefficient (Wildman–Crippen LogP) is 6.34. The van der Waals surface area contributed by atoms with Gasteiger partial charge in [0.05, 0.1) is 34.3 Å². The molecule has 5 unspecified atom stereocenters. The number of nitrogens with zero attached hydrogens (tertiary/aromatic N) is 2. The Morgan fingerprint density at radius 1 is 0.907 bits per heavy atom. The highest BCUT2D eigenvalue weighted by Crippen LogP contribution is 2.53. The smallest absolute Gasteiger partial charge is 0.339 e. The van der Waals surface area contributed by atoms with Crippen LogP contribution in [0.15, 0.2) is 91.0 Å². The number of rotatable bonds is 7. The van der Waals surface area contributed by atoms with Crippen molar-refractivity contribution < 1.29 is 23.9 Å². The van der Waals surface area contributed by atoms with E-state index in [9.17, 15) is 19.2 Å². The van der Waals surface area contributed by atoms with Gasteiger partial charge in [0.2, 0.25) is 17.6 Å². The zero-order valence-electron chi connectivity index (χ0n) is 23.9. The van der Waals surface area contributed by atoms with Gasteiger partial charge >= 0.3 is 5.97 Å². The number of pyridine rings is 1. The molecule has 2 bridgehead atoms. The first-order valence-electron chi connectivity index (χ1n) is 14.7. The molecular weight excluding hydrogens is 540 g/mol. The van der Waals surface area contributed by atoms with Crippen LogP contribution in [0.4, 0.5) is 5.69 Å². The fraction of sp³-hybridized carbons (Fsp3) is 0.250. The van der Waals surface area contributed by atoms with E-state index in [1.807, 2.05) is 50.2 Å². The molecule has 3 aromatic carbocycles. The summed E-state index contributed by atoms with van der Waals surface area (Å²) < 4.78 is 5.81. The van der Waals surface area contributed by atoms with Crippen LogP contribution in [0.2, 0.25) is 0 Å². The number of ether oxygens (including phenoxy) is 1. The largest absolute Gasteiger partial charge is 0.450 e. The van der Waals surface area contributed by atoms with Crippen LogP contribution in [-0.4, -0.2) is 34.7 Å². The van der Waals surface area contributed by atoms with Crippen molar-refractivity contribution >= 4 is 40.2 Å². The molecule has 0 N–H and O–H groups in total. The van der Waals surface area contributed by atoms with Gasteiger partial charge in [-0.2, -0.15) is 0 Å². The average Bonchev–Trinajstić information content (AvgIpc) is 3.72. The van der Waals surface area contributed by atoms with Crippen LogP contribution in [0.5, 0.6) is 0 Å². The molecule has 2 amide bonds. The first-order valence-corrected chi connectivity index (χ1v) is 14.7. The Morgan fingerprint density at radius 3 is 2.23 bits per heavy atom. The summed E-state index contributed by atoms with van der Waals surface area (Å²) in [7, 11) is 0. The minimum absolute atomic E-state index is 0.126. The minimum atomic E-state index is -0.925. The van der Waals surface area contributed by atoms with Crippen LogP contribution in [0.1, 0.15) is 46.0 Å². The number of hydrogen-bond donors (Lipinski definition) is 0. The Balaban J connectivity index is 1.19. The number of Topliss-reactive ketones (excluding diaryl/α,β-unsaturated/α-hetero) is 1. The second kappa shape index (κ2) is 10.4. The number of imide groups is 1. The summed E-state index contributed by atoms with van der Waals surface area (Å²) in [4.78, 5) is 59.4. The van der Waals surface area contributed by atoms with Gasteiger partial charge in [-0.15, -0.1) is 0 Å². The van der Waals surface area contributed by atoms with Crippen molar-refractivity contribution in [2.24, 2.45) is 23.7 Å². The van der Waals surface area contributed by atoms with Gasteiger partial charge in [0.1, 0.15) is 0 Å². The van der Waals surface area contributed by atoms with Crippen LogP contribution < -0.4 is 4.90 Å². The Hall–Kier alpha value is -4.91. The topological polar surface area (TPSA) is 93.6 Å². The van der Waals surface area contributed by atoms with Gasteiger partial charge in [-0.1, -0.05) is 73.2 Å². The summed E-state index contributed by atoms with van der Waals surface area (Å²) in [5, 5.41) is 0.635. The molecule has 2 heterocycles. The Morgan fingerprint density at radius 2 is 1.58 bits per heavy atom. The van der Waals surface area contributed by atoms with Gasteiger partial charge in [0, 0.05) is 16.5 Å². The fourth-order valence-electron chi connectivity index (χ4n) is 6.90. The van der Waals surface area contributed by atoms with E-state index in [-0.39, 0.29) is 41.3 Å². The van der Waals surface area contributed by atoms with Crippen LogP contribution in [0.25, 0.3) is 22.2 Å². The summed E-state index contributed by atoms with van der Waals surface area (Å²) in [6.07, 6.45) is 4.46. The molecule has 2 fully saturated rings. The lowest BCUT2D eigenvalue weighted by Crippen LogP contribution is -2.32. The van der Waals surface area contributed by atoms with E-state index in [1.54, 1.807) is 42.5 Å². The summed E-state index contributed by atoms with van der Waals surface area (Å²) in [5.74, 6) is -1.33. The molecule has 1 aromatic heterocycles. The molecule has 1 saturated heterocycles. The van der Waals surface area contributed by atoms with Gasteiger partial charge in [-0.05, 0) is 61.9 Å². The summed E-state index contributed by atoms with van der Waals surface area (Å²) in [6, 6.07) is 23.3. The number of amides is 2. The third-order valence-corrected chi connectivity index (χ3v) is 9.05. The number of aryl methyl sites for hydroxylation is 1. The third kappa shape index (κ3) is 4.47. The quantitative estimate of drug-likeness (QED) is 0.111. The standard InChI is InChI=1S/C36H30N2O5/c1-3-30(33(39)22-7-5-4-6-8-22)43-36(42)27-19-29(37-28-16-9-20(2)17-26(27)28)21-12-14-25(15-13-21)38-34(40)31-23-10-11-24(18-23)32(31)35(38)41/h4-17,19,23-24,30-32H,3,18H2,1-2H3. The number of carbonyl (C=O) groups excluding carboxylic acids is 4. The molecule has 43 heavy (non-hydrogen) atoms. The number of fused-ring (bicyclic) bond motifs is 6. The van der Waals surface area contributed by atoms with Crippen molar-refractivity contribution in [2.75, 3.05) is 4.90 Å². The maximum absolute atomic E-state index is 13.6. The zero-order chi connectivity index (χ0) is 29.8. The van der Waals surface area contributed by atoms with Crippen LogP contribution in [-0.2, 0) is 14.3 Å².